The normalized spacial score (nSPS) is 9.09. The lowest BCUT2D eigenvalue weighted by Crippen LogP contribution is -1.87. The van der Waals surface area contributed by atoms with E-state index in [0.29, 0.717) is 5.56 Å². The van der Waals surface area contributed by atoms with E-state index < -0.39 is 4.92 Å². The quantitative estimate of drug-likeness (QED) is 0.276. The average Bonchev–Trinajstić information content (AvgIpc) is 2.05. The molecule has 4 nitrogen and oxygen atoms in total. The summed E-state index contributed by atoms with van der Waals surface area (Å²) in [6.45, 7) is 0. The molecule has 0 unspecified atom stereocenters. The Labute approximate surface area is 62.6 Å². The van der Waals surface area contributed by atoms with Crippen LogP contribution in [0.1, 0.15) is 5.56 Å². The van der Waals surface area contributed by atoms with E-state index in [9.17, 15) is 10.1 Å². The molecule has 0 aliphatic heterocycles. The summed E-state index contributed by atoms with van der Waals surface area (Å²) < 4.78 is 0. The third-order valence-electron chi connectivity index (χ3n) is 1.25. The Morgan fingerprint density at radius 3 is 2.27 bits per heavy atom. The molecule has 0 aliphatic rings. The standard InChI is InChI=1S/C7H5NO3/c9-5-6-1-3-7(4-2-6)8(10)11/h1-5H/p+1. The molecule has 0 saturated heterocycles. The topological polar surface area (TPSA) is 64.5 Å². The molecule has 0 heterocycles. The van der Waals surface area contributed by atoms with Gasteiger partial charge in [-0.1, -0.05) is 0 Å². The molecular formula is C7H6NO3+. The number of nitrogens with zero attached hydrogens (tertiary/aromatic N) is 1. The minimum absolute atomic E-state index is 0.0237. The fourth-order valence-corrected chi connectivity index (χ4v) is 0.682. The van der Waals surface area contributed by atoms with E-state index in [2.05, 4.69) is 0 Å². The van der Waals surface area contributed by atoms with Gasteiger partial charge in [0.15, 0.2) is 0 Å². The van der Waals surface area contributed by atoms with Crippen LogP contribution in [0.25, 0.3) is 0 Å². The van der Waals surface area contributed by atoms with E-state index >= 15 is 0 Å². The van der Waals surface area contributed by atoms with Crippen LogP contribution in [0.5, 0.6) is 0 Å². The summed E-state index contributed by atoms with van der Waals surface area (Å²) in [6.07, 6.45) is 0.893. The highest BCUT2D eigenvalue weighted by atomic mass is 16.6. The van der Waals surface area contributed by atoms with Gasteiger partial charge in [0.05, 0.1) is 10.5 Å². The van der Waals surface area contributed by atoms with E-state index in [1.54, 1.807) is 0 Å². The van der Waals surface area contributed by atoms with Gasteiger partial charge in [0, 0.05) is 12.1 Å². The summed E-state index contributed by atoms with van der Waals surface area (Å²) in [7, 11) is 0. The molecule has 0 aromatic heterocycles. The number of nitro benzene ring substituents is 1. The Hall–Kier alpha value is -1.71. The largest absolute Gasteiger partial charge is 0.312 e. The number of aldehydes is 1. The molecule has 4 heteroatoms. The van der Waals surface area contributed by atoms with Crippen molar-refractivity contribution < 1.29 is 9.72 Å². The molecule has 11 heavy (non-hydrogen) atoms. The van der Waals surface area contributed by atoms with Gasteiger partial charge in [-0.2, -0.15) is 0 Å². The molecule has 0 fully saturated rings. The second-order valence-corrected chi connectivity index (χ2v) is 1.98. The van der Waals surface area contributed by atoms with Crippen LogP contribution in [-0.4, -0.2) is 16.0 Å². The minimum Gasteiger partial charge on any atom is -0.281 e. The monoisotopic (exact) mass is 152 g/mol. The second kappa shape index (κ2) is 2.92. The third kappa shape index (κ3) is 1.61. The zero-order valence-electron chi connectivity index (χ0n) is 5.60. The molecule has 0 amide bonds. The molecule has 1 aromatic carbocycles. The highest BCUT2D eigenvalue weighted by molar-refractivity contribution is 5.75. The maximum absolute atomic E-state index is 10.1. The highest BCUT2D eigenvalue weighted by Crippen LogP contribution is 2.09. The van der Waals surface area contributed by atoms with Crippen LogP contribution in [0.15, 0.2) is 24.3 Å². The first-order valence-corrected chi connectivity index (χ1v) is 2.96. The molecule has 1 rings (SSSR count). The van der Waals surface area contributed by atoms with Gasteiger partial charge in [-0.15, -0.1) is 0 Å². The van der Waals surface area contributed by atoms with Crippen LogP contribution < -0.4 is 0 Å². The van der Waals surface area contributed by atoms with Crippen LogP contribution in [0.4, 0.5) is 5.69 Å². The van der Waals surface area contributed by atoms with Gasteiger partial charge >= 0.3 is 6.29 Å². The van der Waals surface area contributed by atoms with E-state index in [1.807, 2.05) is 0 Å². The van der Waals surface area contributed by atoms with Gasteiger partial charge in [0.2, 0.25) is 0 Å². The molecule has 1 aromatic rings. The van der Waals surface area contributed by atoms with Crippen LogP contribution in [0, 0.1) is 10.1 Å². The van der Waals surface area contributed by atoms with Crippen molar-refractivity contribution >= 4 is 12.0 Å². The lowest BCUT2D eigenvalue weighted by Gasteiger charge is -1.88. The summed E-state index contributed by atoms with van der Waals surface area (Å²) in [5.74, 6) is 0. The van der Waals surface area contributed by atoms with Crippen molar-refractivity contribution in [1.29, 1.82) is 0 Å². The van der Waals surface area contributed by atoms with Gasteiger partial charge in [0.1, 0.15) is 0 Å². The number of hydrogen-bond acceptors (Lipinski definition) is 2. The van der Waals surface area contributed by atoms with E-state index in [-0.39, 0.29) is 5.69 Å². The van der Waals surface area contributed by atoms with Gasteiger partial charge < -0.3 is 0 Å². The third-order valence-corrected chi connectivity index (χ3v) is 1.25. The van der Waals surface area contributed by atoms with Crippen molar-refractivity contribution in [3.8, 4) is 0 Å². The number of non-ortho nitro benzene ring substituents is 1. The van der Waals surface area contributed by atoms with E-state index in [1.165, 1.54) is 24.3 Å². The van der Waals surface area contributed by atoms with Gasteiger partial charge in [-0.05, 0) is 12.1 Å². The van der Waals surface area contributed by atoms with Crippen LogP contribution in [-0.2, 0) is 0 Å². The number of nitro groups is 1. The van der Waals surface area contributed by atoms with Crippen molar-refractivity contribution in [1.82, 2.24) is 0 Å². The SMILES string of the molecule is O=[N+]([O-])c1ccc(C=[OH+])cc1. The van der Waals surface area contributed by atoms with Crippen molar-refractivity contribution in [2.75, 3.05) is 0 Å². The van der Waals surface area contributed by atoms with Crippen LogP contribution >= 0.6 is 0 Å². The Kier molecular flexibility index (Phi) is 1.96. The first-order chi connectivity index (χ1) is 5.24. The van der Waals surface area contributed by atoms with E-state index in [4.69, 9.17) is 4.79 Å². The molecule has 56 valence electrons. The van der Waals surface area contributed by atoms with Gasteiger partial charge in [-0.3, -0.25) is 14.9 Å². The lowest BCUT2D eigenvalue weighted by molar-refractivity contribution is -0.384. The first-order valence-electron chi connectivity index (χ1n) is 2.96. The van der Waals surface area contributed by atoms with Crippen LogP contribution in [0.3, 0.4) is 0 Å². The van der Waals surface area contributed by atoms with Gasteiger partial charge in [-0.25, -0.2) is 0 Å². The number of carbonyl (C=O) groups excluding carboxylic acids is 1. The summed E-state index contributed by atoms with van der Waals surface area (Å²) in [5.41, 5.74) is 0.575. The Balaban J connectivity index is 3.00. The van der Waals surface area contributed by atoms with E-state index in [0.717, 1.165) is 6.29 Å². The highest BCUT2D eigenvalue weighted by Gasteiger charge is 2.03. The fraction of sp³-hybridized carbons (Fsp3) is 0. The molecule has 0 saturated carbocycles. The predicted molar refractivity (Wildman–Crippen MR) is 40.2 cm³/mol. The summed E-state index contributed by atoms with van der Waals surface area (Å²) in [5, 5.41) is 10.1. The van der Waals surface area contributed by atoms with Crippen molar-refractivity contribution in [2.24, 2.45) is 0 Å². The van der Waals surface area contributed by atoms with Gasteiger partial charge in [0.25, 0.3) is 5.69 Å². The smallest absolute Gasteiger partial charge is 0.281 e. The molecule has 0 atom stereocenters. The first kappa shape index (κ1) is 7.40. The Morgan fingerprint density at radius 1 is 1.36 bits per heavy atom. The molecule has 0 bridgehead atoms. The fourth-order valence-electron chi connectivity index (χ4n) is 0.682. The predicted octanol–water partition coefficient (Wildman–Crippen LogP) is 1.12. The zero-order chi connectivity index (χ0) is 8.27. The van der Waals surface area contributed by atoms with Crippen molar-refractivity contribution in [3.63, 3.8) is 0 Å². The van der Waals surface area contributed by atoms with Crippen LogP contribution in [0.2, 0.25) is 0 Å². The molecule has 0 spiro atoms. The van der Waals surface area contributed by atoms with Crippen molar-refractivity contribution in [2.45, 2.75) is 0 Å². The molecular weight excluding hydrogens is 146 g/mol. The zero-order valence-corrected chi connectivity index (χ0v) is 5.60. The maximum Gasteiger partial charge on any atom is 0.312 e. The minimum atomic E-state index is -0.485. The number of benzene rings is 1. The Bertz CT molecular complexity index is 278. The van der Waals surface area contributed by atoms with Crippen molar-refractivity contribution in [3.05, 3.63) is 39.9 Å². The summed E-state index contributed by atoms with van der Waals surface area (Å²) in [6, 6.07) is 5.61. The molecule has 0 aliphatic carbocycles. The Morgan fingerprint density at radius 2 is 1.91 bits per heavy atom. The number of rotatable bonds is 2. The maximum atomic E-state index is 10.1. The average molecular weight is 152 g/mol. The molecule has 1 N–H and O–H groups in total. The second-order valence-electron chi connectivity index (χ2n) is 1.98. The lowest BCUT2D eigenvalue weighted by atomic mass is 10.2. The summed E-state index contributed by atoms with van der Waals surface area (Å²) >= 11 is 0. The summed E-state index contributed by atoms with van der Waals surface area (Å²) in [4.78, 5) is 18.1. The molecule has 0 radical (unpaired) electrons. The number of hydrogen-bond donors (Lipinski definition) is 0.